The minimum atomic E-state index is -0.123. The normalized spacial score (nSPS) is 14.6. The Kier molecular flexibility index (Phi) is 11.6. The Hall–Kier alpha value is -4.07. The number of benzene rings is 2. The molecule has 2 unspecified atom stereocenters. The molecule has 0 radical (unpaired) electrons. The molecule has 1 fully saturated rings. The fourth-order valence-corrected chi connectivity index (χ4v) is 5.03. The molecule has 4 rings (SSSR count). The molecule has 2 atom stereocenters. The van der Waals surface area contributed by atoms with Crippen LogP contribution < -0.4 is 20.1 Å². The van der Waals surface area contributed by atoms with Gasteiger partial charge in [0.05, 0.1) is 12.3 Å². The van der Waals surface area contributed by atoms with E-state index in [0.717, 1.165) is 55.4 Å². The number of pyridine rings is 1. The first kappa shape index (κ1) is 30.9. The van der Waals surface area contributed by atoms with E-state index in [4.69, 9.17) is 9.47 Å². The predicted molar refractivity (Wildman–Crippen MR) is 163 cm³/mol. The highest BCUT2D eigenvalue weighted by Gasteiger charge is 2.17. The van der Waals surface area contributed by atoms with Gasteiger partial charge in [-0.1, -0.05) is 24.3 Å². The molecule has 2 amide bonds. The minimum absolute atomic E-state index is 0.00255. The average Bonchev–Trinajstić information content (AvgIpc) is 3.49. The van der Waals surface area contributed by atoms with E-state index in [-0.39, 0.29) is 42.5 Å². The van der Waals surface area contributed by atoms with Crippen LogP contribution in [0.1, 0.15) is 76.3 Å². The van der Waals surface area contributed by atoms with E-state index in [9.17, 15) is 14.7 Å². The van der Waals surface area contributed by atoms with Gasteiger partial charge in [-0.15, -0.1) is 0 Å². The van der Waals surface area contributed by atoms with Crippen molar-refractivity contribution in [3.63, 3.8) is 0 Å². The zero-order valence-corrected chi connectivity index (χ0v) is 24.7. The summed E-state index contributed by atoms with van der Waals surface area (Å²) < 4.78 is 11.8. The molecule has 3 aromatic rings. The molecule has 0 aliphatic heterocycles. The van der Waals surface area contributed by atoms with Gasteiger partial charge in [0.2, 0.25) is 17.7 Å². The Bertz CT molecular complexity index is 1260. The SMILES string of the molecule is CC(CCc1ccc(O)cc1)NC(=O)CCC(=O)NC(C)CCc1ccc(Oc2ccc(OC3CCCC3)cn2)cc1. The van der Waals surface area contributed by atoms with Gasteiger partial charge in [0.25, 0.3) is 0 Å². The lowest BCUT2D eigenvalue weighted by molar-refractivity contribution is -0.127. The first-order valence-corrected chi connectivity index (χ1v) is 15.1. The fraction of sp³-hybridized carbons (Fsp3) is 0.441. The number of hydrogen-bond acceptors (Lipinski definition) is 6. The summed E-state index contributed by atoms with van der Waals surface area (Å²) in [5.41, 5.74) is 2.26. The first-order chi connectivity index (χ1) is 20.3. The van der Waals surface area contributed by atoms with E-state index in [1.165, 1.54) is 12.8 Å². The van der Waals surface area contributed by atoms with Gasteiger partial charge in [0.15, 0.2) is 0 Å². The summed E-state index contributed by atoms with van der Waals surface area (Å²) in [5.74, 6) is 2.02. The topological polar surface area (TPSA) is 110 Å². The summed E-state index contributed by atoms with van der Waals surface area (Å²) in [6.45, 7) is 3.94. The van der Waals surface area contributed by atoms with Crippen LogP contribution in [0, 0.1) is 0 Å². The number of carbonyl (C=O) groups excluding carboxylic acids is 2. The molecule has 1 saturated carbocycles. The van der Waals surface area contributed by atoms with Crippen molar-refractivity contribution in [1.29, 1.82) is 0 Å². The molecule has 42 heavy (non-hydrogen) atoms. The third-order valence-electron chi connectivity index (χ3n) is 7.52. The van der Waals surface area contributed by atoms with Crippen LogP contribution in [0.15, 0.2) is 66.9 Å². The zero-order chi connectivity index (χ0) is 29.7. The predicted octanol–water partition coefficient (Wildman–Crippen LogP) is 6.26. The van der Waals surface area contributed by atoms with Crippen molar-refractivity contribution < 1.29 is 24.2 Å². The van der Waals surface area contributed by atoms with Crippen molar-refractivity contribution in [1.82, 2.24) is 15.6 Å². The van der Waals surface area contributed by atoms with Crippen molar-refractivity contribution in [2.45, 2.75) is 96.2 Å². The Morgan fingerprint density at radius 3 is 1.86 bits per heavy atom. The second kappa shape index (κ2) is 15.8. The van der Waals surface area contributed by atoms with Crippen LogP contribution in [0.5, 0.6) is 23.1 Å². The van der Waals surface area contributed by atoms with Crippen LogP contribution in [0.2, 0.25) is 0 Å². The molecular weight excluding hydrogens is 530 g/mol. The van der Waals surface area contributed by atoms with Crippen molar-refractivity contribution in [3.8, 4) is 23.1 Å². The maximum Gasteiger partial charge on any atom is 0.220 e. The van der Waals surface area contributed by atoms with Gasteiger partial charge in [0, 0.05) is 31.0 Å². The molecule has 8 nitrogen and oxygen atoms in total. The van der Waals surface area contributed by atoms with E-state index < -0.39 is 0 Å². The minimum Gasteiger partial charge on any atom is -0.508 e. The van der Waals surface area contributed by atoms with Crippen molar-refractivity contribution in [2.75, 3.05) is 0 Å². The van der Waals surface area contributed by atoms with Gasteiger partial charge >= 0.3 is 0 Å². The molecule has 1 aromatic heterocycles. The van der Waals surface area contributed by atoms with Gasteiger partial charge in [-0.25, -0.2) is 4.98 Å². The third-order valence-corrected chi connectivity index (χ3v) is 7.52. The number of ether oxygens (including phenoxy) is 2. The molecule has 0 bridgehead atoms. The Morgan fingerprint density at radius 1 is 0.810 bits per heavy atom. The van der Waals surface area contributed by atoms with Crippen LogP contribution in [-0.2, 0) is 22.4 Å². The highest BCUT2D eigenvalue weighted by molar-refractivity contribution is 5.83. The molecule has 1 aliphatic rings. The van der Waals surface area contributed by atoms with Gasteiger partial charge in [-0.05, 0) is 107 Å². The number of rotatable bonds is 15. The van der Waals surface area contributed by atoms with Crippen molar-refractivity contribution in [2.24, 2.45) is 0 Å². The average molecular weight is 574 g/mol. The number of phenols is 1. The van der Waals surface area contributed by atoms with Gasteiger partial charge in [-0.2, -0.15) is 0 Å². The molecule has 224 valence electrons. The summed E-state index contributed by atoms with van der Waals surface area (Å²) in [6, 6.07) is 18.7. The number of aromatic nitrogens is 1. The second-order valence-corrected chi connectivity index (χ2v) is 11.3. The van der Waals surface area contributed by atoms with E-state index in [0.29, 0.717) is 17.7 Å². The number of aryl methyl sites for hydroxylation is 2. The summed E-state index contributed by atoms with van der Waals surface area (Å²) >= 11 is 0. The summed E-state index contributed by atoms with van der Waals surface area (Å²) in [5, 5.41) is 15.3. The van der Waals surface area contributed by atoms with E-state index in [1.807, 2.05) is 62.4 Å². The number of nitrogens with zero attached hydrogens (tertiary/aromatic N) is 1. The monoisotopic (exact) mass is 573 g/mol. The van der Waals surface area contributed by atoms with Crippen LogP contribution in [0.3, 0.4) is 0 Å². The van der Waals surface area contributed by atoms with Crippen molar-refractivity contribution in [3.05, 3.63) is 78.0 Å². The third kappa shape index (κ3) is 10.7. The summed E-state index contributed by atoms with van der Waals surface area (Å²) in [6.07, 6.45) is 10.2. The lowest BCUT2D eigenvalue weighted by atomic mass is 10.1. The molecule has 0 spiro atoms. The Labute approximate surface area is 248 Å². The number of amides is 2. The van der Waals surface area contributed by atoms with Gasteiger partial charge in [-0.3, -0.25) is 9.59 Å². The molecule has 1 aliphatic carbocycles. The molecule has 1 heterocycles. The molecule has 2 aromatic carbocycles. The smallest absolute Gasteiger partial charge is 0.220 e. The van der Waals surface area contributed by atoms with Crippen LogP contribution in [0.4, 0.5) is 0 Å². The molecule has 8 heteroatoms. The summed E-state index contributed by atoms with van der Waals surface area (Å²) in [7, 11) is 0. The summed E-state index contributed by atoms with van der Waals surface area (Å²) in [4.78, 5) is 29.0. The van der Waals surface area contributed by atoms with E-state index in [2.05, 4.69) is 15.6 Å². The molecular formula is C34H43N3O5. The highest BCUT2D eigenvalue weighted by Crippen LogP contribution is 2.26. The molecule has 0 saturated heterocycles. The van der Waals surface area contributed by atoms with Crippen molar-refractivity contribution >= 4 is 11.8 Å². The lowest BCUT2D eigenvalue weighted by Gasteiger charge is -2.16. The first-order valence-electron chi connectivity index (χ1n) is 15.1. The largest absolute Gasteiger partial charge is 0.508 e. The quantitative estimate of drug-likeness (QED) is 0.198. The number of carbonyl (C=O) groups is 2. The van der Waals surface area contributed by atoms with Crippen LogP contribution in [-0.4, -0.2) is 40.1 Å². The standard InChI is InChI=1S/C34H43N3O5/c1-24(7-9-26-11-15-28(38)16-12-26)36-32(39)20-21-33(40)37-25(2)8-10-27-13-17-30(18-14-27)42-34-22-19-31(23-35-34)41-29-5-3-4-6-29/h11-19,22-25,29,38H,3-10,20-21H2,1-2H3,(H,36,39)(H,37,40). The lowest BCUT2D eigenvalue weighted by Crippen LogP contribution is -2.36. The number of hydrogen-bond donors (Lipinski definition) is 3. The zero-order valence-electron chi connectivity index (χ0n) is 24.7. The second-order valence-electron chi connectivity index (χ2n) is 11.3. The number of nitrogens with one attached hydrogen (secondary N) is 2. The Morgan fingerprint density at radius 2 is 1.33 bits per heavy atom. The fourth-order valence-electron chi connectivity index (χ4n) is 5.03. The highest BCUT2D eigenvalue weighted by atomic mass is 16.5. The number of aromatic hydroxyl groups is 1. The molecule has 3 N–H and O–H groups in total. The maximum absolute atomic E-state index is 12.4. The van der Waals surface area contributed by atoms with Crippen LogP contribution in [0.25, 0.3) is 0 Å². The van der Waals surface area contributed by atoms with Crippen LogP contribution >= 0.6 is 0 Å². The van der Waals surface area contributed by atoms with Gasteiger partial charge < -0.3 is 25.2 Å². The number of phenolic OH excluding ortho intramolecular Hbond substituents is 1. The Balaban J connectivity index is 1.09. The van der Waals surface area contributed by atoms with Gasteiger partial charge in [0.1, 0.15) is 17.2 Å². The van der Waals surface area contributed by atoms with E-state index >= 15 is 0 Å². The maximum atomic E-state index is 12.4. The van der Waals surface area contributed by atoms with E-state index in [1.54, 1.807) is 18.3 Å².